The number of aromatic nitrogens is 1. The Morgan fingerprint density at radius 1 is 0.971 bits per heavy atom. The second-order valence-corrected chi connectivity index (χ2v) is 7.63. The van der Waals surface area contributed by atoms with E-state index in [0.29, 0.717) is 5.56 Å². The standard InChI is InChI=1S/C25H17F4N3.CH4N2/c26-20-9-11-21(12-10-20)32-16-23-22(17-5-7-19(8-6-17)25(27,28)29)4-2-14-31(23)24(32)18-3-1-13-30-15-18;2-1-3/h1-16,24H;1H,(H3,2,3). The predicted molar refractivity (Wildman–Crippen MR) is 127 cm³/mol. The monoisotopic (exact) mass is 479 g/mol. The van der Waals surface area contributed by atoms with Gasteiger partial charge in [-0.2, -0.15) is 13.2 Å². The van der Waals surface area contributed by atoms with Crippen LogP contribution in [0.3, 0.4) is 0 Å². The van der Waals surface area contributed by atoms with Gasteiger partial charge < -0.3 is 15.5 Å². The van der Waals surface area contributed by atoms with Crippen molar-refractivity contribution in [3.05, 3.63) is 126 Å². The highest BCUT2D eigenvalue weighted by Gasteiger charge is 2.36. The Hall–Kier alpha value is -4.40. The SMILES string of the molecule is Fc1ccc(N2C=C3C(c4ccc(C(F)(F)F)cc4)=CC=CN3C2c2cccnc2)cc1.N=CN. The molecule has 2 aliphatic heterocycles. The molecule has 1 atom stereocenters. The smallest absolute Gasteiger partial charge is 0.390 e. The zero-order valence-electron chi connectivity index (χ0n) is 18.3. The zero-order valence-corrected chi connectivity index (χ0v) is 18.3. The number of rotatable bonds is 3. The lowest BCUT2D eigenvalue weighted by molar-refractivity contribution is -0.137. The van der Waals surface area contributed by atoms with Crippen molar-refractivity contribution >= 4 is 17.6 Å². The average Bonchev–Trinajstić information content (AvgIpc) is 3.25. The molecule has 0 fully saturated rings. The number of nitrogens with zero attached hydrogens (tertiary/aromatic N) is 3. The van der Waals surface area contributed by atoms with E-state index in [1.165, 1.54) is 24.3 Å². The van der Waals surface area contributed by atoms with Gasteiger partial charge in [-0.3, -0.25) is 10.4 Å². The number of nitrogens with two attached hydrogens (primary N) is 1. The molecule has 2 aromatic carbocycles. The lowest BCUT2D eigenvalue weighted by Gasteiger charge is -2.33. The molecular formula is C26H21F4N5. The van der Waals surface area contributed by atoms with Crippen molar-refractivity contribution in [1.82, 2.24) is 9.88 Å². The summed E-state index contributed by atoms with van der Waals surface area (Å²) in [5.41, 5.74) is 7.69. The first kappa shape index (κ1) is 23.7. The van der Waals surface area contributed by atoms with Crippen LogP contribution in [-0.4, -0.2) is 16.2 Å². The summed E-state index contributed by atoms with van der Waals surface area (Å²) in [5, 5.41) is 5.86. The van der Waals surface area contributed by atoms with E-state index >= 15 is 0 Å². The van der Waals surface area contributed by atoms with Gasteiger partial charge in [-0.15, -0.1) is 0 Å². The van der Waals surface area contributed by atoms with E-state index < -0.39 is 11.7 Å². The number of pyridine rings is 1. The summed E-state index contributed by atoms with van der Waals surface area (Å²) in [5.74, 6) is -0.332. The molecule has 0 saturated heterocycles. The third kappa shape index (κ3) is 4.93. The number of allylic oxidation sites excluding steroid dienone is 3. The summed E-state index contributed by atoms with van der Waals surface area (Å²) in [6.07, 6.45) is 7.12. The summed E-state index contributed by atoms with van der Waals surface area (Å²) in [6, 6.07) is 15.1. The molecule has 9 heteroatoms. The van der Waals surface area contributed by atoms with E-state index in [-0.39, 0.29) is 12.0 Å². The molecule has 0 amide bonds. The predicted octanol–water partition coefficient (Wildman–Crippen LogP) is 6.06. The fourth-order valence-electron chi connectivity index (χ4n) is 3.98. The third-order valence-corrected chi connectivity index (χ3v) is 5.48. The van der Waals surface area contributed by atoms with Gasteiger partial charge in [0.25, 0.3) is 0 Å². The van der Waals surface area contributed by atoms with Gasteiger partial charge in [-0.25, -0.2) is 4.39 Å². The largest absolute Gasteiger partial charge is 0.416 e. The lowest BCUT2D eigenvalue weighted by atomic mass is 9.98. The molecule has 0 radical (unpaired) electrons. The highest BCUT2D eigenvalue weighted by Crippen LogP contribution is 2.45. The Bertz CT molecular complexity index is 1260. The minimum Gasteiger partial charge on any atom is -0.390 e. The zero-order chi connectivity index (χ0) is 25.0. The Kier molecular flexibility index (Phi) is 6.68. The number of benzene rings is 2. The molecule has 1 aromatic heterocycles. The van der Waals surface area contributed by atoms with Crippen molar-refractivity contribution in [3.63, 3.8) is 0 Å². The molecule has 3 heterocycles. The number of nitrogens with one attached hydrogen (secondary N) is 1. The van der Waals surface area contributed by atoms with E-state index in [1.807, 2.05) is 46.5 Å². The Labute approximate surface area is 199 Å². The third-order valence-electron chi connectivity index (χ3n) is 5.48. The maximum atomic E-state index is 13.5. The van der Waals surface area contributed by atoms with Gasteiger partial charge in [0, 0.05) is 41.6 Å². The molecule has 178 valence electrons. The van der Waals surface area contributed by atoms with Gasteiger partial charge in [-0.1, -0.05) is 24.3 Å². The fraction of sp³-hybridized carbons (Fsp3) is 0.0769. The summed E-state index contributed by atoms with van der Waals surface area (Å²) in [4.78, 5) is 8.27. The Balaban J connectivity index is 0.000000917. The van der Waals surface area contributed by atoms with Gasteiger partial charge in [0.2, 0.25) is 0 Å². The number of fused-ring (bicyclic) bond motifs is 1. The Morgan fingerprint density at radius 2 is 1.66 bits per heavy atom. The van der Waals surface area contributed by atoms with E-state index in [0.717, 1.165) is 41.0 Å². The molecule has 3 N–H and O–H groups in total. The van der Waals surface area contributed by atoms with Crippen LogP contribution in [0.25, 0.3) is 5.57 Å². The second-order valence-electron chi connectivity index (χ2n) is 7.63. The molecule has 0 spiro atoms. The fourth-order valence-corrected chi connectivity index (χ4v) is 3.98. The molecular weight excluding hydrogens is 458 g/mol. The van der Waals surface area contributed by atoms with Crippen LogP contribution in [0.5, 0.6) is 0 Å². The molecule has 35 heavy (non-hydrogen) atoms. The van der Waals surface area contributed by atoms with Crippen molar-refractivity contribution < 1.29 is 17.6 Å². The first-order chi connectivity index (χ1) is 16.8. The molecule has 0 aliphatic carbocycles. The summed E-state index contributed by atoms with van der Waals surface area (Å²) in [6.45, 7) is 0. The first-order valence-electron chi connectivity index (χ1n) is 10.5. The maximum absolute atomic E-state index is 13.5. The van der Waals surface area contributed by atoms with Gasteiger partial charge in [0.15, 0.2) is 0 Å². The lowest BCUT2D eigenvalue weighted by Crippen LogP contribution is -2.29. The first-order valence-corrected chi connectivity index (χ1v) is 10.5. The van der Waals surface area contributed by atoms with Crippen molar-refractivity contribution in [2.45, 2.75) is 12.3 Å². The van der Waals surface area contributed by atoms with E-state index in [1.54, 1.807) is 24.5 Å². The van der Waals surface area contributed by atoms with Crippen LogP contribution >= 0.6 is 0 Å². The highest BCUT2D eigenvalue weighted by atomic mass is 19.4. The van der Waals surface area contributed by atoms with Crippen molar-refractivity contribution in [2.75, 3.05) is 4.90 Å². The van der Waals surface area contributed by atoms with E-state index in [2.05, 4.69) is 10.7 Å². The molecule has 5 rings (SSSR count). The van der Waals surface area contributed by atoms with E-state index in [9.17, 15) is 17.6 Å². The van der Waals surface area contributed by atoms with Gasteiger partial charge in [0.1, 0.15) is 12.0 Å². The molecule has 1 unspecified atom stereocenters. The molecule has 0 bridgehead atoms. The van der Waals surface area contributed by atoms with Crippen LogP contribution in [0, 0.1) is 11.2 Å². The number of anilines is 1. The topological polar surface area (TPSA) is 69.2 Å². The van der Waals surface area contributed by atoms with Gasteiger partial charge in [0.05, 0.1) is 17.6 Å². The number of hydrogen-bond acceptors (Lipinski definition) is 4. The second kappa shape index (κ2) is 9.84. The van der Waals surface area contributed by atoms with Crippen LogP contribution in [0.4, 0.5) is 23.2 Å². The average molecular weight is 479 g/mol. The summed E-state index contributed by atoms with van der Waals surface area (Å²) < 4.78 is 52.5. The van der Waals surface area contributed by atoms with Crippen molar-refractivity contribution in [3.8, 4) is 0 Å². The number of halogens is 4. The minimum absolute atomic E-state index is 0.279. The quantitative estimate of drug-likeness (QED) is 0.272. The van der Waals surface area contributed by atoms with Crippen LogP contribution < -0.4 is 10.6 Å². The highest BCUT2D eigenvalue weighted by molar-refractivity contribution is 5.83. The maximum Gasteiger partial charge on any atom is 0.416 e. The van der Waals surface area contributed by atoms with Crippen molar-refractivity contribution in [1.29, 1.82) is 5.41 Å². The van der Waals surface area contributed by atoms with E-state index in [4.69, 9.17) is 5.41 Å². The normalized spacial score (nSPS) is 16.6. The molecule has 2 aliphatic rings. The summed E-state index contributed by atoms with van der Waals surface area (Å²) in [7, 11) is 0. The van der Waals surface area contributed by atoms with Gasteiger partial charge >= 0.3 is 6.18 Å². The molecule has 3 aromatic rings. The van der Waals surface area contributed by atoms with Crippen LogP contribution in [-0.2, 0) is 6.18 Å². The molecule has 5 nitrogen and oxygen atoms in total. The van der Waals surface area contributed by atoms with Gasteiger partial charge in [-0.05, 0) is 54.1 Å². The van der Waals surface area contributed by atoms with Crippen LogP contribution in [0.15, 0.2) is 103 Å². The number of hydrogen-bond donors (Lipinski definition) is 2. The minimum atomic E-state index is -4.39. The van der Waals surface area contributed by atoms with Crippen LogP contribution in [0.2, 0.25) is 0 Å². The molecule has 0 saturated carbocycles. The van der Waals surface area contributed by atoms with Crippen molar-refractivity contribution in [2.24, 2.45) is 5.73 Å². The number of alkyl halides is 3. The van der Waals surface area contributed by atoms with Crippen LogP contribution in [0.1, 0.15) is 22.9 Å². The Morgan fingerprint density at radius 3 is 2.26 bits per heavy atom. The summed E-state index contributed by atoms with van der Waals surface area (Å²) >= 11 is 0.